The van der Waals surface area contributed by atoms with Gasteiger partial charge in [0.25, 0.3) is 5.91 Å². The summed E-state index contributed by atoms with van der Waals surface area (Å²) < 4.78 is 24.4. The fourth-order valence-corrected chi connectivity index (χ4v) is 3.40. The maximum atomic E-state index is 13.2. The lowest BCUT2D eigenvalue weighted by molar-refractivity contribution is 0.0946. The van der Waals surface area contributed by atoms with Crippen LogP contribution in [0, 0.1) is 11.7 Å². The van der Waals surface area contributed by atoms with E-state index in [4.69, 9.17) is 9.47 Å². The van der Waals surface area contributed by atoms with Crippen LogP contribution in [-0.2, 0) is 6.54 Å². The van der Waals surface area contributed by atoms with Crippen LogP contribution in [0.2, 0.25) is 0 Å². The molecule has 0 aliphatic carbocycles. The maximum absolute atomic E-state index is 13.2. The van der Waals surface area contributed by atoms with E-state index in [0.717, 1.165) is 5.56 Å². The van der Waals surface area contributed by atoms with Crippen LogP contribution in [0.5, 0.6) is 11.5 Å². The van der Waals surface area contributed by atoms with E-state index >= 15 is 0 Å². The van der Waals surface area contributed by atoms with Crippen molar-refractivity contribution in [3.8, 4) is 22.1 Å². The summed E-state index contributed by atoms with van der Waals surface area (Å²) in [5.41, 5.74) is 1.85. The number of carbonyl (C=O) groups excluding carboxylic acids is 1. The minimum Gasteiger partial charge on any atom is -0.493 e. The molecule has 0 radical (unpaired) electrons. The Balaban J connectivity index is 1.69. The van der Waals surface area contributed by atoms with Crippen molar-refractivity contribution in [1.82, 2.24) is 10.3 Å². The Labute approximate surface area is 173 Å². The monoisotopic (exact) mass is 414 g/mol. The average Bonchev–Trinajstić information content (AvgIpc) is 3.20. The maximum Gasteiger partial charge on any atom is 0.271 e. The Morgan fingerprint density at radius 3 is 2.76 bits per heavy atom. The summed E-state index contributed by atoms with van der Waals surface area (Å²) in [6.07, 6.45) is 0. The molecule has 0 saturated heterocycles. The fraction of sp³-hybridized carbons (Fsp3) is 0.273. The third kappa shape index (κ3) is 5.54. The standard InChI is InChI=1S/C22H23FN2O3S/c1-14(2)12-28-19-8-7-16(10-20(19)27-3)22-25-18(13-29-22)21(26)24-11-15-5-4-6-17(23)9-15/h4-10,13-14H,11-12H2,1-3H3,(H,24,26). The van der Waals surface area contributed by atoms with Gasteiger partial charge in [0.1, 0.15) is 16.5 Å². The van der Waals surface area contributed by atoms with Gasteiger partial charge in [0.15, 0.2) is 11.5 Å². The number of methoxy groups -OCH3 is 1. The molecule has 29 heavy (non-hydrogen) atoms. The van der Waals surface area contributed by atoms with E-state index < -0.39 is 0 Å². The van der Waals surface area contributed by atoms with E-state index in [-0.39, 0.29) is 18.3 Å². The highest BCUT2D eigenvalue weighted by Crippen LogP contribution is 2.34. The minimum absolute atomic E-state index is 0.235. The molecule has 152 valence electrons. The summed E-state index contributed by atoms with van der Waals surface area (Å²) in [5, 5.41) is 5.16. The normalized spacial score (nSPS) is 10.8. The third-order valence-corrected chi connectivity index (χ3v) is 4.95. The van der Waals surface area contributed by atoms with Crippen LogP contribution < -0.4 is 14.8 Å². The second kappa shape index (κ2) is 9.52. The van der Waals surface area contributed by atoms with Crippen molar-refractivity contribution >= 4 is 17.2 Å². The van der Waals surface area contributed by atoms with Gasteiger partial charge in [0.05, 0.1) is 13.7 Å². The lowest BCUT2D eigenvalue weighted by Crippen LogP contribution is -2.23. The molecule has 0 spiro atoms. The molecule has 0 saturated carbocycles. The van der Waals surface area contributed by atoms with Crippen LogP contribution in [0.4, 0.5) is 4.39 Å². The number of hydrogen-bond acceptors (Lipinski definition) is 5. The summed E-state index contributed by atoms with van der Waals surface area (Å²) in [6.45, 7) is 5.00. The van der Waals surface area contributed by atoms with Crippen molar-refractivity contribution in [3.63, 3.8) is 0 Å². The highest BCUT2D eigenvalue weighted by Gasteiger charge is 2.14. The van der Waals surface area contributed by atoms with Gasteiger partial charge in [-0.3, -0.25) is 4.79 Å². The SMILES string of the molecule is COc1cc(-c2nc(C(=O)NCc3cccc(F)c3)cs2)ccc1OCC(C)C. The number of halogens is 1. The zero-order chi connectivity index (χ0) is 20.8. The number of hydrogen-bond donors (Lipinski definition) is 1. The molecule has 1 aromatic heterocycles. The quantitative estimate of drug-likeness (QED) is 0.568. The van der Waals surface area contributed by atoms with Gasteiger partial charge in [-0.1, -0.05) is 26.0 Å². The van der Waals surface area contributed by atoms with Crippen LogP contribution in [0.3, 0.4) is 0 Å². The number of nitrogens with one attached hydrogen (secondary N) is 1. The molecule has 1 heterocycles. The molecule has 0 unspecified atom stereocenters. The predicted molar refractivity (Wildman–Crippen MR) is 112 cm³/mol. The number of ether oxygens (including phenoxy) is 2. The largest absolute Gasteiger partial charge is 0.493 e. The lowest BCUT2D eigenvalue weighted by atomic mass is 10.2. The minimum atomic E-state index is -0.331. The Morgan fingerprint density at radius 2 is 2.03 bits per heavy atom. The lowest BCUT2D eigenvalue weighted by Gasteiger charge is -2.13. The van der Waals surface area contributed by atoms with Crippen LogP contribution in [0.15, 0.2) is 47.8 Å². The third-order valence-electron chi connectivity index (χ3n) is 4.06. The first kappa shape index (κ1) is 20.8. The molecule has 1 amide bonds. The number of benzene rings is 2. The van der Waals surface area contributed by atoms with Crippen molar-refractivity contribution in [1.29, 1.82) is 0 Å². The molecule has 0 bridgehead atoms. The van der Waals surface area contributed by atoms with Gasteiger partial charge in [0.2, 0.25) is 0 Å². The summed E-state index contributed by atoms with van der Waals surface area (Å²) >= 11 is 1.37. The van der Waals surface area contributed by atoms with E-state index in [1.807, 2.05) is 18.2 Å². The summed E-state index contributed by atoms with van der Waals surface area (Å²) in [7, 11) is 1.59. The first-order valence-electron chi connectivity index (χ1n) is 9.25. The molecule has 5 nitrogen and oxygen atoms in total. The Hall–Kier alpha value is -2.93. The van der Waals surface area contributed by atoms with E-state index in [0.29, 0.717) is 40.3 Å². The zero-order valence-corrected chi connectivity index (χ0v) is 17.4. The topological polar surface area (TPSA) is 60.5 Å². The molecule has 7 heteroatoms. The molecule has 0 aliphatic rings. The number of aromatic nitrogens is 1. The fourth-order valence-electron chi connectivity index (χ4n) is 2.61. The Morgan fingerprint density at radius 1 is 1.21 bits per heavy atom. The van der Waals surface area contributed by atoms with Crippen molar-refractivity contribution in [2.45, 2.75) is 20.4 Å². The number of thiazole rings is 1. The number of nitrogens with zero attached hydrogens (tertiary/aromatic N) is 1. The second-order valence-corrected chi connectivity index (χ2v) is 7.78. The first-order valence-corrected chi connectivity index (χ1v) is 10.1. The van der Waals surface area contributed by atoms with Gasteiger partial charge in [-0.05, 0) is 41.8 Å². The molecule has 1 N–H and O–H groups in total. The molecular formula is C22H23FN2O3S. The van der Waals surface area contributed by atoms with Crippen LogP contribution in [-0.4, -0.2) is 24.6 Å². The summed E-state index contributed by atoms with van der Waals surface area (Å²) in [6, 6.07) is 11.7. The first-order chi connectivity index (χ1) is 14.0. The molecule has 2 aromatic carbocycles. The summed E-state index contributed by atoms with van der Waals surface area (Å²) in [4.78, 5) is 16.8. The Kier molecular flexibility index (Phi) is 6.82. The molecule has 0 aliphatic heterocycles. The van der Waals surface area contributed by atoms with Crippen molar-refractivity contribution in [3.05, 3.63) is 64.9 Å². The van der Waals surface area contributed by atoms with Gasteiger partial charge < -0.3 is 14.8 Å². The molecular weight excluding hydrogens is 391 g/mol. The number of amides is 1. The highest BCUT2D eigenvalue weighted by atomic mass is 32.1. The number of carbonyl (C=O) groups is 1. The summed E-state index contributed by atoms with van der Waals surface area (Å²) in [5.74, 6) is 1.07. The average molecular weight is 415 g/mol. The molecule has 0 fully saturated rings. The van der Waals surface area contributed by atoms with Crippen LogP contribution in [0.25, 0.3) is 10.6 Å². The number of rotatable bonds is 8. The van der Waals surface area contributed by atoms with Gasteiger partial charge in [-0.2, -0.15) is 0 Å². The predicted octanol–water partition coefficient (Wildman–Crippen LogP) is 4.92. The second-order valence-electron chi connectivity index (χ2n) is 6.92. The van der Waals surface area contributed by atoms with Crippen molar-refractivity contribution < 1.29 is 18.7 Å². The van der Waals surface area contributed by atoms with Crippen LogP contribution >= 0.6 is 11.3 Å². The van der Waals surface area contributed by atoms with E-state index in [1.54, 1.807) is 24.6 Å². The molecule has 0 atom stereocenters. The van der Waals surface area contributed by atoms with Crippen molar-refractivity contribution in [2.24, 2.45) is 5.92 Å². The van der Waals surface area contributed by atoms with Crippen molar-refractivity contribution in [2.75, 3.05) is 13.7 Å². The van der Waals surface area contributed by atoms with Gasteiger partial charge >= 0.3 is 0 Å². The van der Waals surface area contributed by atoms with E-state index in [2.05, 4.69) is 24.1 Å². The van der Waals surface area contributed by atoms with Crippen LogP contribution in [0.1, 0.15) is 29.9 Å². The molecule has 3 rings (SSSR count). The molecule has 3 aromatic rings. The van der Waals surface area contributed by atoms with Gasteiger partial charge in [-0.15, -0.1) is 11.3 Å². The Bertz CT molecular complexity index is 988. The smallest absolute Gasteiger partial charge is 0.271 e. The van der Waals surface area contributed by atoms with Gasteiger partial charge in [0, 0.05) is 17.5 Å². The van der Waals surface area contributed by atoms with E-state index in [1.165, 1.54) is 23.5 Å². The van der Waals surface area contributed by atoms with E-state index in [9.17, 15) is 9.18 Å². The van der Waals surface area contributed by atoms with Gasteiger partial charge in [-0.25, -0.2) is 9.37 Å². The highest BCUT2D eigenvalue weighted by molar-refractivity contribution is 7.13. The zero-order valence-electron chi connectivity index (χ0n) is 16.6.